The monoisotopic (exact) mass is 348 g/mol. The molecule has 1 aromatic rings. The molecule has 2 unspecified atom stereocenters. The van der Waals surface area contributed by atoms with Crippen LogP contribution in [-0.4, -0.2) is 14.3 Å². The quantitative estimate of drug-likeness (QED) is 0.501. The molecular weight excluding hydrogens is 331 g/mol. The lowest BCUT2D eigenvalue weighted by molar-refractivity contribution is 0.502. The van der Waals surface area contributed by atoms with E-state index in [9.17, 15) is 8.94 Å². The van der Waals surface area contributed by atoms with Crippen LogP contribution in [0.25, 0.3) is 0 Å². The molecule has 0 radical (unpaired) electrons. The lowest BCUT2D eigenvalue weighted by Crippen LogP contribution is -2.41. The van der Waals surface area contributed by atoms with E-state index in [-0.39, 0.29) is 0 Å². The van der Waals surface area contributed by atoms with Crippen LogP contribution in [0.2, 0.25) is 0 Å². The molecule has 0 aliphatic rings. The fourth-order valence-corrected chi connectivity index (χ4v) is 2.58. The molecule has 19 heavy (non-hydrogen) atoms. The van der Waals surface area contributed by atoms with Crippen molar-refractivity contribution in [2.75, 3.05) is 0 Å². The number of hydrogen-bond acceptors (Lipinski definition) is 3. The van der Waals surface area contributed by atoms with E-state index in [0.717, 1.165) is 0 Å². The molecule has 0 saturated carbocycles. The molecule has 0 aliphatic heterocycles. The van der Waals surface area contributed by atoms with Crippen molar-refractivity contribution < 1.29 is 8.94 Å². The number of rotatable bonds is 5. The average Bonchev–Trinajstić information content (AvgIpc) is 2.30. The predicted molar refractivity (Wildman–Crippen MR) is 80.5 cm³/mol. The molecule has 106 valence electrons. The zero-order valence-electron chi connectivity index (χ0n) is 11.2. The van der Waals surface area contributed by atoms with Crippen LogP contribution >= 0.6 is 15.9 Å². The standard InChI is InChI=1S/C13H18BrFN2OS/c1-5-6-11(17-19(18)13(2,3)4)10-7-9(14)8-16-12(10)15/h5,7-8,11,17H,1,6H2,2-4H3. The zero-order chi connectivity index (χ0) is 14.6. The summed E-state index contributed by atoms with van der Waals surface area (Å²) < 4.78 is 29.1. The zero-order valence-corrected chi connectivity index (χ0v) is 13.6. The molecule has 0 aliphatic carbocycles. The van der Waals surface area contributed by atoms with E-state index in [4.69, 9.17) is 0 Å². The summed E-state index contributed by atoms with van der Waals surface area (Å²) in [4.78, 5) is 3.66. The summed E-state index contributed by atoms with van der Waals surface area (Å²) in [5, 5.41) is 0. The molecule has 1 rings (SSSR count). The molecule has 6 heteroatoms. The Labute approximate surface area is 125 Å². The normalized spacial score (nSPS) is 15.1. The third-order valence-corrected chi connectivity index (χ3v) is 4.46. The molecule has 0 aromatic carbocycles. The third-order valence-electron chi connectivity index (χ3n) is 2.42. The number of nitrogens with zero attached hydrogens (tertiary/aromatic N) is 1. The number of nitrogens with one attached hydrogen (secondary N) is 1. The van der Waals surface area contributed by atoms with Crippen LogP contribution in [0.15, 0.2) is 29.4 Å². The minimum atomic E-state index is -1.29. The van der Waals surface area contributed by atoms with Gasteiger partial charge in [0.05, 0.1) is 6.04 Å². The van der Waals surface area contributed by atoms with Gasteiger partial charge in [0.1, 0.15) is 4.75 Å². The summed E-state index contributed by atoms with van der Waals surface area (Å²) in [6, 6.07) is 1.23. The molecule has 0 amide bonds. The van der Waals surface area contributed by atoms with Crippen molar-refractivity contribution in [2.24, 2.45) is 0 Å². The third kappa shape index (κ3) is 4.87. The highest BCUT2D eigenvalue weighted by atomic mass is 79.9. The van der Waals surface area contributed by atoms with Crippen LogP contribution in [-0.2, 0) is 11.4 Å². The van der Waals surface area contributed by atoms with E-state index in [1.54, 1.807) is 12.1 Å². The van der Waals surface area contributed by atoms with Crippen molar-refractivity contribution in [3.63, 3.8) is 0 Å². The number of halogens is 2. The van der Waals surface area contributed by atoms with E-state index < -0.39 is 28.1 Å². The van der Waals surface area contributed by atoms with Gasteiger partial charge in [0.25, 0.3) is 0 Å². The van der Waals surface area contributed by atoms with Crippen LogP contribution in [0.5, 0.6) is 0 Å². The smallest absolute Gasteiger partial charge is 0.217 e. The van der Waals surface area contributed by atoms with Gasteiger partial charge in [0.15, 0.2) is 0 Å². The van der Waals surface area contributed by atoms with E-state index in [0.29, 0.717) is 16.5 Å². The van der Waals surface area contributed by atoms with Crippen LogP contribution in [0, 0.1) is 5.95 Å². The summed E-state index contributed by atoms with van der Waals surface area (Å²) >= 11 is 1.97. The van der Waals surface area contributed by atoms with Gasteiger partial charge in [0, 0.05) is 27.6 Å². The number of hydrogen-bond donors (Lipinski definition) is 1. The summed E-state index contributed by atoms with van der Waals surface area (Å²) in [6.07, 6.45) is 3.53. The lowest BCUT2D eigenvalue weighted by Gasteiger charge is -2.27. The summed E-state index contributed by atoms with van der Waals surface area (Å²) in [5.41, 5.74) is 0.381. The van der Waals surface area contributed by atoms with E-state index >= 15 is 0 Å². The van der Waals surface area contributed by atoms with E-state index in [1.165, 1.54) is 6.20 Å². The van der Waals surface area contributed by atoms with E-state index in [2.05, 4.69) is 32.2 Å². The van der Waals surface area contributed by atoms with Crippen LogP contribution in [0.3, 0.4) is 0 Å². The Hall–Kier alpha value is -0.430. The van der Waals surface area contributed by atoms with Gasteiger partial charge in [-0.2, -0.15) is 4.39 Å². The Bertz CT molecular complexity index is 451. The highest BCUT2D eigenvalue weighted by molar-refractivity contribution is 9.10. The van der Waals surface area contributed by atoms with Crippen molar-refractivity contribution in [3.05, 3.63) is 40.9 Å². The Kier molecular flexibility index (Phi) is 5.98. The molecule has 2 atom stereocenters. The first-order valence-electron chi connectivity index (χ1n) is 5.85. The predicted octanol–water partition coefficient (Wildman–Crippen LogP) is 3.65. The minimum absolute atomic E-state index is 0.381. The molecular formula is C13H18BrFN2OS. The Morgan fingerprint density at radius 3 is 2.79 bits per heavy atom. The summed E-state index contributed by atoms with van der Waals surface area (Å²) in [7, 11) is 0. The van der Waals surface area contributed by atoms with Crippen LogP contribution in [0.1, 0.15) is 38.8 Å². The Balaban J connectivity index is 3.00. The van der Waals surface area contributed by atoms with Crippen molar-refractivity contribution in [3.8, 4) is 0 Å². The van der Waals surface area contributed by atoms with Gasteiger partial charge in [-0.3, -0.25) is 0 Å². The lowest BCUT2D eigenvalue weighted by atomic mass is 10.1. The molecule has 1 heterocycles. The van der Waals surface area contributed by atoms with Crippen molar-refractivity contribution >= 4 is 27.3 Å². The first-order valence-corrected chi connectivity index (χ1v) is 7.80. The molecule has 3 nitrogen and oxygen atoms in total. The maximum atomic E-state index is 13.8. The molecule has 1 aromatic heterocycles. The first-order chi connectivity index (χ1) is 8.75. The van der Waals surface area contributed by atoms with Gasteiger partial charge in [-0.15, -0.1) is 11.3 Å². The second-order valence-corrected chi connectivity index (χ2v) is 8.02. The second kappa shape index (κ2) is 6.83. The average molecular weight is 349 g/mol. The Morgan fingerprint density at radius 2 is 2.26 bits per heavy atom. The van der Waals surface area contributed by atoms with Gasteiger partial charge in [-0.25, -0.2) is 4.98 Å². The number of pyridine rings is 1. The SMILES string of the molecule is C=CCC(N[S+]([O-])C(C)(C)C)c1cc(Br)cnc1F. The number of aromatic nitrogens is 1. The van der Waals surface area contributed by atoms with Crippen LogP contribution in [0.4, 0.5) is 4.39 Å². The second-order valence-electron chi connectivity index (χ2n) is 5.11. The van der Waals surface area contributed by atoms with Gasteiger partial charge < -0.3 is 4.55 Å². The highest BCUT2D eigenvalue weighted by Gasteiger charge is 2.30. The largest absolute Gasteiger partial charge is 0.598 e. The minimum Gasteiger partial charge on any atom is -0.598 e. The molecule has 1 N–H and O–H groups in total. The summed E-state index contributed by atoms with van der Waals surface area (Å²) in [6.45, 7) is 9.23. The fraction of sp³-hybridized carbons (Fsp3) is 0.462. The molecule has 0 saturated heterocycles. The van der Waals surface area contributed by atoms with Crippen molar-refractivity contribution in [2.45, 2.75) is 38.0 Å². The van der Waals surface area contributed by atoms with Crippen molar-refractivity contribution in [1.29, 1.82) is 0 Å². The van der Waals surface area contributed by atoms with Gasteiger partial charge >= 0.3 is 0 Å². The molecule has 0 spiro atoms. The first kappa shape index (κ1) is 16.6. The maximum absolute atomic E-state index is 13.8. The van der Waals surface area contributed by atoms with Gasteiger partial charge in [-0.05, 0) is 49.2 Å². The van der Waals surface area contributed by atoms with E-state index in [1.807, 2.05) is 20.8 Å². The van der Waals surface area contributed by atoms with Gasteiger partial charge in [-0.1, -0.05) is 6.08 Å². The molecule has 0 fully saturated rings. The fourth-order valence-electron chi connectivity index (χ4n) is 1.39. The van der Waals surface area contributed by atoms with Crippen LogP contribution < -0.4 is 4.72 Å². The maximum Gasteiger partial charge on any atom is 0.217 e. The molecule has 0 bridgehead atoms. The topological polar surface area (TPSA) is 48.0 Å². The van der Waals surface area contributed by atoms with Crippen molar-refractivity contribution in [1.82, 2.24) is 9.71 Å². The van der Waals surface area contributed by atoms with Gasteiger partial charge in [0.2, 0.25) is 5.95 Å². The highest BCUT2D eigenvalue weighted by Crippen LogP contribution is 2.26. The Morgan fingerprint density at radius 1 is 1.63 bits per heavy atom. The summed E-state index contributed by atoms with van der Waals surface area (Å²) in [5.74, 6) is -0.562.